The maximum Gasteiger partial charge on any atom is 0.293 e. The highest BCUT2D eigenvalue weighted by molar-refractivity contribution is 5.36. The Morgan fingerprint density at radius 1 is 1.00 bits per heavy atom. The number of piperidine rings is 1. The highest BCUT2D eigenvalue weighted by Gasteiger charge is 2.26. The molecule has 2 aromatic rings. The molecule has 2 aromatic heterocycles. The average molecular weight is 398 g/mol. The summed E-state index contributed by atoms with van der Waals surface area (Å²) in [7, 11) is 0. The van der Waals surface area contributed by atoms with E-state index < -0.39 is 0 Å². The van der Waals surface area contributed by atoms with Crippen LogP contribution in [0.5, 0.6) is 0 Å². The van der Waals surface area contributed by atoms with Crippen molar-refractivity contribution in [3.05, 3.63) is 50.9 Å². The molecule has 2 aliphatic rings. The molecule has 7 nitrogen and oxygen atoms in total. The van der Waals surface area contributed by atoms with E-state index in [1.54, 1.807) is 23.1 Å². The molecule has 2 fully saturated rings. The van der Waals surface area contributed by atoms with Crippen LogP contribution < -0.4 is 16.0 Å². The van der Waals surface area contributed by atoms with Crippen molar-refractivity contribution in [2.45, 2.75) is 65.0 Å². The van der Waals surface area contributed by atoms with E-state index in [2.05, 4.69) is 35.8 Å². The molecule has 0 amide bonds. The summed E-state index contributed by atoms with van der Waals surface area (Å²) in [6, 6.07) is 3.45. The van der Waals surface area contributed by atoms with Gasteiger partial charge in [0.15, 0.2) is 5.82 Å². The van der Waals surface area contributed by atoms with Gasteiger partial charge in [-0.05, 0) is 43.6 Å². The molecule has 1 saturated heterocycles. The van der Waals surface area contributed by atoms with Gasteiger partial charge in [0.05, 0.1) is 5.69 Å². The normalized spacial score (nSPS) is 18.2. The molecule has 0 spiro atoms. The van der Waals surface area contributed by atoms with Gasteiger partial charge in [0.1, 0.15) is 0 Å². The van der Waals surface area contributed by atoms with Crippen molar-refractivity contribution in [3.63, 3.8) is 0 Å². The largest absolute Gasteiger partial charge is 0.352 e. The van der Waals surface area contributed by atoms with Gasteiger partial charge in [-0.15, -0.1) is 0 Å². The molecule has 0 radical (unpaired) electrons. The molecule has 7 heteroatoms. The molecule has 29 heavy (non-hydrogen) atoms. The number of nitrogens with zero attached hydrogens (tertiary/aromatic N) is 5. The summed E-state index contributed by atoms with van der Waals surface area (Å²) < 4.78 is 3.43. The third-order valence-corrected chi connectivity index (χ3v) is 6.03. The van der Waals surface area contributed by atoms with Crippen LogP contribution in [0.4, 0.5) is 5.82 Å². The Morgan fingerprint density at radius 2 is 1.69 bits per heavy atom. The Morgan fingerprint density at radius 3 is 2.34 bits per heavy atom. The van der Waals surface area contributed by atoms with E-state index in [0.717, 1.165) is 38.2 Å². The second kappa shape index (κ2) is 7.76. The monoisotopic (exact) mass is 397 g/mol. The van der Waals surface area contributed by atoms with E-state index in [9.17, 15) is 9.59 Å². The fourth-order valence-electron chi connectivity index (χ4n) is 3.93. The van der Waals surface area contributed by atoms with Gasteiger partial charge in [-0.25, -0.2) is 9.67 Å². The van der Waals surface area contributed by atoms with Gasteiger partial charge in [0.25, 0.3) is 11.1 Å². The van der Waals surface area contributed by atoms with Crippen LogP contribution in [0.2, 0.25) is 0 Å². The summed E-state index contributed by atoms with van der Waals surface area (Å²) in [5.41, 5.74) is 0.819. The summed E-state index contributed by atoms with van der Waals surface area (Å²) in [4.78, 5) is 31.5. The van der Waals surface area contributed by atoms with Crippen molar-refractivity contribution in [2.24, 2.45) is 11.8 Å². The minimum atomic E-state index is -0.0852. The Hall–Kier alpha value is -2.44. The Bertz CT molecular complexity index is 976. The van der Waals surface area contributed by atoms with Crippen molar-refractivity contribution in [1.29, 1.82) is 0 Å². The number of aromatic nitrogens is 4. The molecule has 156 valence electrons. The molecule has 1 aliphatic carbocycles. The van der Waals surface area contributed by atoms with Gasteiger partial charge in [-0.1, -0.05) is 20.8 Å². The van der Waals surface area contributed by atoms with E-state index in [-0.39, 0.29) is 16.5 Å². The Labute approximate surface area is 171 Å². The lowest BCUT2D eigenvalue weighted by atomic mass is 9.92. The predicted molar refractivity (Wildman–Crippen MR) is 113 cm³/mol. The lowest BCUT2D eigenvalue weighted by molar-refractivity contribution is 0.329. The summed E-state index contributed by atoms with van der Waals surface area (Å²) in [6.07, 6.45) is 7.83. The first-order valence-electron chi connectivity index (χ1n) is 10.7. The SMILES string of the molecule is CC(C)(C)c1ccc(=O)n(CC2CCN(c3nccn(CC4CC4)c3=O)CC2)n1. The number of hydrogen-bond acceptors (Lipinski definition) is 5. The molecule has 0 atom stereocenters. The lowest BCUT2D eigenvalue weighted by Gasteiger charge is -2.32. The third-order valence-electron chi connectivity index (χ3n) is 6.03. The van der Waals surface area contributed by atoms with Crippen LogP contribution in [0.25, 0.3) is 0 Å². The van der Waals surface area contributed by atoms with E-state index in [0.29, 0.717) is 24.2 Å². The summed E-state index contributed by atoms with van der Waals surface area (Å²) in [5.74, 6) is 1.60. The number of rotatable bonds is 5. The van der Waals surface area contributed by atoms with Crippen molar-refractivity contribution in [2.75, 3.05) is 18.0 Å². The van der Waals surface area contributed by atoms with E-state index in [1.165, 1.54) is 12.8 Å². The van der Waals surface area contributed by atoms with Crippen molar-refractivity contribution < 1.29 is 0 Å². The zero-order valence-corrected chi connectivity index (χ0v) is 17.7. The van der Waals surface area contributed by atoms with Gasteiger partial charge in [0, 0.05) is 50.1 Å². The Balaban J connectivity index is 1.42. The topological polar surface area (TPSA) is 73.0 Å². The first kappa shape index (κ1) is 19.9. The molecular formula is C22H31N5O2. The highest BCUT2D eigenvalue weighted by Crippen LogP contribution is 2.30. The fourth-order valence-corrected chi connectivity index (χ4v) is 3.93. The number of anilines is 1. The maximum atomic E-state index is 12.8. The van der Waals surface area contributed by atoms with Crippen molar-refractivity contribution in [3.8, 4) is 0 Å². The fraction of sp³-hybridized carbons (Fsp3) is 0.636. The van der Waals surface area contributed by atoms with E-state index in [1.807, 2.05) is 10.6 Å². The van der Waals surface area contributed by atoms with Crippen LogP contribution in [0.15, 0.2) is 34.1 Å². The van der Waals surface area contributed by atoms with E-state index >= 15 is 0 Å². The zero-order chi connectivity index (χ0) is 20.6. The smallest absolute Gasteiger partial charge is 0.293 e. The summed E-state index contributed by atoms with van der Waals surface area (Å²) in [6.45, 7) is 9.32. The van der Waals surface area contributed by atoms with E-state index in [4.69, 9.17) is 0 Å². The predicted octanol–water partition coefficient (Wildman–Crippen LogP) is 2.42. The van der Waals surface area contributed by atoms with Crippen molar-refractivity contribution >= 4 is 5.82 Å². The van der Waals surface area contributed by atoms with Gasteiger partial charge in [-0.3, -0.25) is 9.59 Å². The molecule has 0 N–H and O–H groups in total. The standard InChI is InChI=1S/C22H31N5O2/c1-22(2,3)18-6-7-19(28)27(24-18)15-17-8-11-25(12-9-17)20-21(29)26(13-10-23-20)14-16-4-5-16/h6-7,10,13,16-17H,4-5,8-9,11-12,14-15H2,1-3H3. The molecule has 0 bridgehead atoms. The molecule has 0 unspecified atom stereocenters. The molecule has 4 rings (SSSR count). The molecule has 1 aliphatic heterocycles. The lowest BCUT2D eigenvalue weighted by Crippen LogP contribution is -2.41. The van der Waals surface area contributed by atoms with Crippen LogP contribution >= 0.6 is 0 Å². The first-order valence-corrected chi connectivity index (χ1v) is 10.7. The quantitative estimate of drug-likeness (QED) is 0.775. The van der Waals surface area contributed by atoms with Crippen LogP contribution in [0.3, 0.4) is 0 Å². The third kappa shape index (κ3) is 4.60. The second-order valence-corrected chi connectivity index (χ2v) is 9.57. The van der Waals surface area contributed by atoms with Crippen LogP contribution in [0.1, 0.15) is 52.1 Å². The average Bonchev–Trinajstić information content (AvgIpc) is 3.49. The molecule has 3 heterocycles. The minimum absolute atomic E-state index is 0.0219. The molecule has 1 saturated carbocycles. The van der Waals surface area contributed by atoms with Gasteiger partial charge < -0.3 is 9.47 Å². The summed E-state index contributed by atoms with van der Waals surface area (Å²) in [5, 5.41) is 4.60. The van der Waals surface area contributed by atoms with Gasteiger partial charge >= 0.3 is 0 Å². The highest BCUT2D eigenvalue weighted by atomic mass is 16.1. The van der Waals surface area contributed by atoms with Gasteiger partial charge in [0.2, 0.25) is 0 Å². The van der Waals surface area contributed by atoms with Crippen LogP contribution in [-0.2, 0) is 18.5 Å². The zero-order valence-electron chi connectivity index (χ0n) is 17.7. The second-order valence-electron chi connectivity index (χ2n) is 9.57. The minimum Gasteiger partial charge on any atom is -0.352 e. The van der Waals surface area contributed by atoms with Crippen LogP contribution in [0, 0.1) is 11.8 Å². The summed E-state index contributed by atoms with van der Waals surface area (Å²) >= 11 is 0. The van der Waals surface area contributed by atoms with Gasteiger partial charge in [-0.2, -0.15) is 5.10 Å². The van der Waals surface area contributed by atoms with Crippen LogP contribution in [-0.4, -0.2) is 32.4 Å². The van der Waals surface area contributed by atoms with Crippen molar-refractivity contribution in [1.82, 2.24) is 19.3 Å². The Kier molecular flexibility index (Phi) is 5.32. The molecule has 0 aromatic carbocycles. The molecular weight excluding hydrogens is 366 g/mol. The first-order chi connectivity index (χ1) is 13.8. The number of hydrogen-bond donors (Lipinski definition) is 0. The maximum absolute atomic E-state index is 12.8.